The van der Waals surface area contributed by atoms with Gasteiger partial charge in [-0.25, -0.2) is 9.59 Å². The molecule has 2 N–H and O–H groups in total. The van der Waals surface area contributed by atoms with Crippen molar-refractivity contribution < 1.29 is 19.1 Å². The second kappa shape index (κ2) is 9.59. The minimum atomic E-state index is -0.442. The minimum Gasteiger partial charge on any atom is -0.497 e. The number of carbonyl (C=O) groups excluding carboxylic acids is 2. The van der Waals surface area contributed by atoms with E-state index in [0.717, 1.165) is 42.6 Å². The normalized spacial score (nSPS) is 14.4. The summed E-state index contributed by atoms with van der Waals surface area (Å²) in [5, 5.41) is 8.23. The molecule has 7 heteroatoms. The monoisotopic (exact) mass is 402 g/mol. The maximum atomic E-state index is 12.6. The van der Waals surface area contributed by atoms with Crippen molar-refractivity contribution in [3.8, 4) is 16.9 Å². The van der Waals surface area contributed by atoms with Crippen LogP contribution in [0.2, 0.25) is 0 Å². The van der Waals surface area contributed by atoms with Crippen molar-refractivity contribution in [3.63, 3.8) is 0 Å². The predicted octanol–water partition coefficient (Wildman–Crippen LogP) is 5.05. The Kier molecular flexibility index (Phi) is 6.92. The van der Waals surface area contributed by atoms with Crippen LogP contribution in [0.15, 0.2) is 29.6 Å². The zero-order valence-corrected chi connectivity index (χ0v) is 17.1. The van der Waals surface area contributed by atoms with Crippen molar-refractivity contribution >= 4 is 28.3 Å². The van der Waals surface area contributed by atoms with Gasteiger partial charge in [0.15, 0.2) is 0 Å². The SMILES string of the molecule is CCOC(=O)c1c(-c2ccc(OC)cc2)csc1NC(=O)NC1CCCCC1. The van der Waals surface area contributed by atoms with Crippen molar-refractivity contribution in [2.75, 3.05) is 19.0 Å². The molecule has 0 radical (unpaired) electrons. The lowest BCUT2D eigenvalue weighted by Crippen LogP contribution is -2.39. The molecule has 1 aliphatic carbocycles. The van der Waals surface area contributed by atoms with E-state index in [-0.39, 0.29) is 18.7 Å². The van der Waals surface area contributed by atoms with Crippen molar-refractivity contribution in [1.82, 2.24) is 5.32 Å². The van der Waals surface area contributed by atoms with Gasteiger partial charge < -0.3 is 14.8 Å². The number of methoxy groups -OCH3 is 1. The van der Waals surface area contributed by atoms with Gasteiger partial charge in [0, 0.05) is 17.0 Å². The molecule has 0 aliphatic heterocycles. The highest BCUT2D eigenvalue weighted by Gasteiger charge is 2.24. The Morgan fingerprint density at radius 2 is 1.86 bits per heavy atom. The van der Waals surface area contributed by atoms with Gasteiger partial charge in [-0.05, 0) is 37.5 Å². The number of rotatable bonds is 6. The van der Waals surface area contributed by atoms with E-state index >= 15 is 0 Å². The number of urea groups is 1. The summed E-state index contributed by atoms with van der Waals surface area (Å²) >= 11 is 1.32. The summed E-state index contributed by atoms with van der Waals surface area (Å²) in [5.41, 5.74) is 1.98. The van der Waals surface area contributed by atoms with Crippen LogP contribution in [0.5, 0.6) is 5.75 Å². The molecule has 1 heterocycles. The van der Waals surface area contributed by atoms with Gasteiger partial charge in [-0.15, -0.1) is 11.3 Å². The lowest BCUT2D eigenvalue weighted by molar-refractivity contribution is 0.0529. The molecule has 0 atom stereocenters. The lowest BCUT2D eigenvalue weighted by atomic mass is 9.96. The zero-order chi connectivity index (χ0) is 19.9. The molecule has 28 heavy (non-hydrogen) atoms. The summed E-state index contributed by atoms with van der Waals surface area (Å²) in [6, 6.07) is 7.36. The number of carbonyl (C=O) groups is 2. The molecular weight excluding hydrogens is 376 g/mol. The van der Waals surface area contributed by atoms with Gasteiger partial charge >= 0.3 is 12.0 Å². The van der Waals surface area contributed by atoms with Crippen LogP contribution < -0.4 is 15.4 Å². The van der Waals surface area contributed by atoms with E-state index in [4.69, 9.17) is 9.47 Å². The fourth-order valence-electron chi connectivity index (χ4n) is 3.41. The highest BCUT2D eigenvalue weighted by molar-refractivity contribution is 7.15. The first-order valence-corrected chi connectivity index (χ1v) is 10.5. The van der Waals surface area contributed by atoms with Gasteiger partial charge in [0.25, 0.3) is 0 Å². The highest BCUT2D eigenvalue weighted by atomic mass is 32.1. The Balaban J connectivity index is 1.82. The van der Waals surface area contributed by atoms with Gasteiger partial charge in [0.1, 0.15) is 16.3 Å². The second-order valence-electron chi connectivity index (χ2n) is 6.74. The molecule has 6 nitrogen and oxygen atoms in total. The third-order valence-corrected chi connectivity index (χ3v) is 5.73. The molecule has 2 amide bonds. The van der Waals surface area contributed by atoms with Gasteiger partial charge in [-0.1, -0.05) is 31.4 Å². The van der Waals surface area contributed by atoms with Crippen molar-refractivity contribution in [3.05, 3.63) is 35.2 Å². The number of anilines is 1. The van der Waals surface area contributed by atoms with Crippen LogP contribution in [0.1, 0.15) is 49.4 Å². The van der Waals surface area contributed by atoms with E-state index in [2.05, 4.69) is 10.6 Å². The van der Waals surface area contributed by atoms with E-state index < -0.39 is 5.97 Å². The van der Waals surface area contributed by atoms with Crippen LogP contribution in [0.4, 0.5) is 9.80 Å². The van der Waals surface area contributed by atoms with Crippen molar-refractivity contribution in [2.24, 2.45) is 0 Å². The lowest BCUT2D eigenvalue weighted by Gasteiger charge is -2.22. The van der Waals surface area contributed by atoms with Crippen LogP contribution in [0.25, 0.3) is 11.1 Å². The molecule has 0 bridgehead atoms. The number of esters is 1. The summed E-state index contributed by atoms with van der Waals surface area (Å²) in [6.07, 6.45) is 5.50. The average Bonchev–Trinajstić information content (AvgIpc) is 3.12. The average molecular weight is 403 g/mol. The molecule has 0 unspecified atom stereocenters. The summed E-state index contributed by atoms with van der Waals surface area (Å²) in [4.78, 5) is 25.1. The largest absolute Gasteiger partial charge is 0.497 e. The van der Waals surface area contributed by atoms with Crippen molar-refractivity contribution in [2.45, 2.75) is 45.1 Å². The zero-order valence-electron chi connectivity index (χ0n) is 16.2. The quantitative estimate of drug-likeness (QED) is 0.663. The number of hydrogen-bond donors (Lipinski definition) is 2. The molecule has 0 saturated heterocycles. The molecular formula is C21H26N2O4S. The standard InChI is InChI=1S/C21H26N2O4S/c1-3-27-20(24)18-17(14-9-11-16(26-2)12-10-14)13-28-19(18)23-21(25)22-15-7-5-4-6-8-15/h9-13,15H,3-8H2,1-2H3,(H2,22,23,25). The van der Waals surface area contributed by atoms with Crippen LogP contribution in [0.3, 0.4) is 0 Å². The Morgan fingerprint density at radius 1 is 1.14 bits per heavy atom. The Labute approximate surface area is 169 Å². The number of amides is 2. The first-order valence-electron chi connectivity index (χ1n) is 9.63. The van der Waals surface area contributed by atoms with Gasteiger partial charge in [-0.2, -0.15) is 0 Å². The maximum Gasteiger partial charge on any atom is 0.341 e. The molecule has 3 rings (SSSR count). The van der Waals surface area contributed by atoms with Crippen LogP contribution in [-0.4, -0.2) is 31.8 Å². The van der Waals surface area contributed by atoms with Crippen molar-refractivity contribution in [1.29, 1.82) is 0 Å². The van der Waals surface area contributed by atoms with Gasteiger partial charge in [0.05, 0.1) is 13.7 Å². The summed E-state index contributed by atoms with van der Waals surface area (Å²) in [6.45, 7) is 2.03. The highest BCUT2D eigenvalue weighted by Crippen LogP contribution is 2.37. The minimum absolute atomic E-state index is 0.195. The van der Waals surface area contributed by atoms with E-state index in [1.807, 2.05) is 29.6 Å². The number of ether oxygens (including phenoxy) is 2. The topological polar surface area (TPSA) is 76.7 Å². The third-order valence-electron chi connectivity index (χ3n) is 4.84. The number of hydrogen-bond acceptors (Lipinski definition) is 5. The fraction of sp³-hybridized carbons (Fsp3) is 0.429. The van der Waals surface area contributed by atoms with Gasteiger partial charge in [-0.3, -0.25) is 5.32 Å². The van der Waals surface area contributed by atoms with E-state index in [0.29, 0.717) is 10.6 Å². The van der Waals surface area contributed by atoms with E-state index in [1.54, 1.807) is 14.0 Å². The molecule has 1 aliphatic rings. The van der Waals surface area contributed by atoms with E-state index in [1.165, 1.54) is 17.8 Å². The maximum absolute atomic E-state index is 12.6. The van der Waals surface area contributed by atoms with Crippen LogP contribution in [-0.2, 0) is 4.74 Å². The molecule has 1 fully saturated rings. The third kappa shape index (κ3) is 4.84. The predicted molar refractivity (Wildman–Crippen MR) is 111 cm³/mol. The molecule has 150 valence electrons. The number of benzene rings is 1. The van der Waals surface area contributed by atoms with Crippen LogP contribution >= 0.6 is 11.3 Å². The molecule has 0 spiro atoms. The molecule has 1 aromatic heterocycles. The summed E-state index contributed by atoms with van der Waals surface area (Å²) in [7, 11) is 1.61. The molecule has 1 aromatic carbocycles. The smallest absolute Gasteiger partial charge is 0.341 e. The summed E-state index contributed by atoms with van der Waals surface area (Å²) in [5.74, 6) is 0.296. The molecule has 2 aromatic rings. The first kappa shape index (κ1) is 20.2. The van der Waals surface area contributed by atoms with Gasteiger partial charge in [0.2, 0.25) is 0 Å². The van der Waals surface area contributed by atoms with Crippen LogP contribution in [0, 0.1) is 0 Å². The fourth-order valence-corrected chi connectivity index (χ4v) is 4.36. The Bertz CT molecular complexity index is 810. The Hall–Kier alpha value is -2.54. The first-order chi connectivity index (χ1) is 13.6. The second-order valence-corrected chi connectivity index (χ2v) is 7.62. The van der Waals surface area contributed by atoms with E-state index in [9.17, 15) is 9.59 Å². The molecule has 1 saturated carbocycles. The Morgan fingerprint density at radius 3 is 2.50 bits per heavy atom. The number of nitrogens with one attached hydrogen (secondary N) is 2. The summed E-state index contributed by atoms with van der Waals surface area (Å²) < 4.78 is 10.4. The number of thiophene rings is 1.